The quantitative estimate of drug-likeness (QED) is 0.405. The molecule has 7 nitrogen and oxygen atoms in total. The zero-order chi connectivity index (χ0) is 13.4. The van der Waals surface area contributed by atoms with Crippen LogP contribution in [0, 0.1) is 10.1 Å². The second-order valence-electron chi connectivity index (χ2n) is 3.62. The number of benzene rings is 1. The van der Waals surface area contributed by atoms with Gasteiger partial charge in [-0.15, -0.1) is 0 Å². The van der Waals surface area contributed by atoms with Crippen LogP contribution in [-0.4, -0.2) is 29.2 Å². The van der Waals surface area contributed by atoms with Crippen molar-refractivity contribution in [3.63, 3.8) is 0 Å². The highest BCUT2D eigenvalue weighted by molar-refractivity contribution is 5.89. The summed E-state index contributed by atoms with van der Waals surface area (Å²) in [4.78, 5) is 21.4. The lowest BCUT2D eigenvalue weighted by atomic mass is 10.3. The number of nitro benzene ring substituents is 1. The van der Waals surface area contributed by atoms with E-state index in [9.17, 15) is 14.9 Å². The SMILES string of the molecule is O=C(NCCCCO)Nc1cccc([N+](=O)[O-])c1. The summed E-state index contributed by atoms with van der Waals surface area (Å²) >= 11 is 0. The van der Waals surface area contributed by atoms with E-state index in [1.54, 1.807) is 6.07 Å². The Morgan fingerprint density at radius 3 is 2.83 bits per heavy atom. The Morgan fingerprint density at radius 2 is 2.17 bits per heavy atom. The van der Waals surface area contributed by atoms with Gasteiger partial charge in [0.1, 0.15) is 0 Å². The van der Waals surface area contributed by atoms with Crippen molar-refractivity contribution in [3.8, 4) is 0 Å². The molecule has 1 aromatic rings. The zero-order valence-corrected chi connectivity index (χ0v) is 9.76. The number of non-ortho nitro benzene ring substituents is 1. The number of hydrogen-bond donors (Lipinski definition) is 3. The number of urea groups is 1. The second-order valence-corrected chi connectivity index (χ2v) is 3.62. The number of amides is 2. The summed E-state index contributed by atoms with van der Waals surface area (Å²) in [5.41, 5.74) is 0.289. The topological polar surface area (TPSA) is 104 Å². The Bertz CT molecular complexity index is 423. The van der Waals surface area contributed by atoms with Gasteiger partial charge in [-0.25, -0.2) is 4.79 Å². The molecule has 0 unspecified atom stereocenters. The molecule has 0 saturated carbocycles. The van der Waals surface area contributed by atoms with Crippen LogP contribution < -0.4 is 10.6 Å². The number of nitrogens with zero attached hydrogens (tertiary/aromatic N) is 1. The molecule has 0 bridgehead atoms. The van der Waals surface area contributed by atoms with E-state index in [-0.39, 0.29) is 12.3 Å². The number of carbonyl (C=O) groups is 1. The van der Waals surface area contributed by atoms with Crippen LogP contribution in [0.5, 0.6) is 0 Å². The normalized spacial score (nSPS) is 9.83. The molecule has 0 saturated heterocycles. The van der Waals surface area contributed by atoms with Gasteiger partial charge >= 0.3 is 6.03 Å². The van der Waals surface area contributed by atoms with E-state index in [1.807, 2.05) is 0 Å². The largest absolute Gasteiger partial charge is 0.396 e. The first-order chi connectivity index (χ1) is 8.63. The molecule has 0 fully saturated rings. The maximum absolute atomic E-state index is 11.4. The summed E-state index contributed by atoms with van der Waals surface area (Å²) in [5.74, 6) is 0. The van der Waals surface area contributed by atoms with E-state index in [4.69, 9.17) is 5.11 Å². The molecule has 0 heterocycles. The molecule has 0 radical (unpaired) electrons. The van der Waals surface area contributed by atoms with Crippen LogP contribution in [0.15, 0.2) is 24.3 Å². The summed E-state index contributed by atoms with van der Waals surface area (Å²) in [6.45, 7) is 0.537. The lowest BCUT2D eigenvalue weighted by Gasteiger charge is -2.06. The van der Waals surface area contributed by atoms with Gasteiger partial charge < -0.3 is 15.7 Å². The van der Waals surface area contributed by atoms with Crippen molar-refractivity contribution in [2.24, 2.45) is 0 Å². The number of aliphatic hydroxyl groups is 1. The standard InChI is InChI=1S/C11H15N3O4/c15-7-2-1-6-12-11(16)13-9-4-3-5-10(8-9)14(17)18/h3-5,8,15H,1-2,6-7H2,(H2,12,13,16). The molecular formula is C11H15N3O4. The Balaban J connectivity index is 2.44. The van der Waals surface area contributed by atoms with E-state index in [2.05, 4.69) is 10.6 Å². The van der Waals surface area contributed by atoms with Crippen molar-refractivity contribution in [1.29, 1.82) is 0 Å². The van der Waals surface area contributed by atoms with Gasteiger partial charge in [0.25, 0.3) is 5.69 Å². The Labute approximate surface area is 104 Å². The van der Waals surface area contributed by atoms with Gasteiger partial charge in [0.15, 0.2) is 0 Å². The molecule has 7 heteroatoms. The molecule has 1 rings (SSSR count). The molecule has 3 N–H and O–H groups in total. The van der Waals surface area contributed by atoms with Crippen LogP contribution in [0.4, 0.5) is 16.2 Å². The summed E-state index contributed by atoms with van der Waals surface area (Å²) in [6, 6.07) is 5.28. The van der Waals surface area contributed by atoms with Crippen molar-refractivity contribution in [3.05, 3.63) is 34.4 Å². The minimum absolute atomic E-state index is 0.0759. The molecule has 18 heavy (non-hydrogen) atoms. The third-order valence-electron chi connectivity index (χ3n) is 2.19. The third kappa shape index (κ3) is 4.79. The molecule has 98 valence electrons. The van der Waals surface area contributed by atoms with Gasteiger partial charge in [0.2, 0.25) is 0 Å². The van der Waals surface area contributed by atoms with Gasteiger partial charge in [-0.3, -0.25) is 10.1 Å². The zero-order valence-electron chi connectivity index (χ0n) is 9.76. The fourth-order valence-electron chi connectivity index (χ4n) is 1.31. The van der Waals surface area contributed by atoms with Crippen LogP contribution in [0.1, 0.15) is 12.8 Å². The highest BCUT2D eigenvalue weighted by atomic mass is 16.6. The number of anilines is 1. The van der Waals surface area contributed by atoms with Gasteiger partial charge in [0.05, 0.1) is 4.92 Å². The van der Waals surface area contributed by atoms with Gasteiger partial charge in [0, 0.05) is 31.0 Å². The monoisotopic (exact) mass is 253 g/mol. The Morgan fingerprint density at radius 1 is 1.39 bits per heavy atom. The minimum Gasteiger partial charge on any atom is -0.396 e. The van der Waals surface area contributed by atoms with E-state index >= 15 is 0 Å². The number of aliphatic hydroxyl groups excluding tert-OH is 1. The lowest BCUT2D eigenvalue weighted by molar-refractivity contribution is -0.384. The van der Waals surface area contributed by atoms with Crippen molar-refractivity contribution in [2.45, 2.75) is 12.8 Å². The second kappa shape index (κ2) is 7.23. The molecule has 0 spiro atoms. The Hall–Kier alpha value is -2.15. The number of nitrogens with one attached hydrogen (secondary N) is 2. The number of carbonyl (C=O) groups excluding carboxylic acids is 1. The number of rotatable bonds is 6. The van der Waals surface area contributed by atoms with Crippen molar-refractivity contribution < 1.29 is 14.8 Å². The summed E-state index contributed by atoms with van der Waals surface area (Å²) in [7, 11) is 0. The lowest BCUT2D eigenvalue weighted by Crippen LogP contribution is -2.29. The van der Waals surface area contributed by atoms with Crippen molar-refractivity contribution >= 4 is 17.4 Å². The molecule has 0 aliphatic heterocycles. The number of hydrogen-bond acceptors (Lipinski definition) is 4. The van der Waals surface area contributed by atoms with Crippen LogP contribution in [0.2, 0.25) is 0 Å². The third-order valence-corrected chi connectivity index (χ3v) is 2.19. The highest BCUT2D eigenvalue weighted by Crippen LogP contribution is 2.16. The first kappa shape index (κ1) is 13.9. The van der Waals surface area contributed by atoms with E-state index in [0.717, 1.165) is 0 Å². The van der Waals surface area contributed by atoms with Crippen LogP contribution >= 0.6 is 0 Å². The predicted molar refractivity (Wildman–Crippen MR) is 66.4 cm³/mol. The van der Waals surface area contributed by atoms with Crippen molar-refractivity contribution in [1.82, 2.24) is 5.32 Å². The summed E-state index contributed by atoms with van der Waals surface area (Å²) in [6.07, 6.45) is 1.30. The van der Waals surface area contributed by atoms with Crippen LogP contribution in [-0.2, 0) is 0 Å². The maximum atomic E-state index is 11.4. The fourth-order valence-corrected chi connectivity index (χ4v) is 1.31. The van der Waals surface area contributed by atoms with Crippen LogP contribution in [0.3, 0.4) is 0 Å². The molecule has 0 aromatic heterocycles. The first-order valence-electron chi connectivity index (χ1n) is 5.53. The minimum atomic E-state index is -0.523. The molecule has 1 aromatic carbocycles. The molecule has 2 amide bonds. The number of unbranched alkanes of at least 4 members (excludes halogenated alkanes) is 1. The molecule has 0 aliphatic carbocycles. The summed E-state index contributed by atoms with van der Waals surface area (Å²) < 4.78 is 0. The van der Waals surface area contributed by atoms with Gasteiger partial charge in [-0.2, -0.15) is 0 Å². The van der Waals surface area contributed by atoms with E-state index in [0.29, 0.717) is 25.1 Å². The van der Waals surface area contributed by atoms with Crippen LogP contribution in [0.25, 0.3) is 0 Å². The molecule has 0 atom stereocenters. The summed E-state index contributed by atoms with van der Waals surface area (Å²) in [5, 5.41) is 24.2. The average molecular weight is 253 g/mol. The molecule has 0 aliphatic rings. The average Bonchev–Trinajstić information content (AvgIpc) is 2.35. The van der Waals surface area contributed by atoms with Gasteiger partial charge in [-0.1, -0.05) is 6.07 Å². The van der Waals surface area contributed by atoms with Crippen molar-refractivity contribution in [2.75, 3.05) is 18.5 Å². The first-order valence-corrected chi connectivity index (χ1v) is 5.53. The van der Waals surface area contributed by atoms with E-state index < -0.39 is 11.0 Å². The van der Waals surface area contributed by atoms with E-state index in [1.165, 1.54) is 18.2 Å². The highest BCUT2D eigenvalue weighted by Gasteiger charge is 2.07. The Kier molecular flexibility index (Phi) is 5.59. The maximum Gasteiger partial charge on any atom is 0.319 e. The molecular weight excluding hydrogens is 238 g/mol. The fraction of sp³-hybridized carbons (Fsp3) is 0.364. The van der Waals surface area contributed by atoms with Gasteiger partial charge in [-0.05, 0) is 18.9 Å². The number of nitro groups is 1. The smallest absolute Gasteiger partial charge is 0.319 e. The predicted octanol–water partition coefficient (Wildman–Crippen LogP) is 1.49.